The van der Waals surface area contributed by atoms with Gasteiger partial charge in [-0.2, -0.15) is 0 Å². The highest BCUT2D eigenvalue weighted by atomic mass is 32.2. The average molecular weight is 369 g/mol. The summed E-state index contributed by atoms with van der Waals surface area (Å²) >= 11 is 0. The van der Waals surface area contributed by atoms with E-state index in [-0.39, 0.29) is 11.3 Å². The predicted molar refractivity (Wildman–Crippen MR) is 84.2 cm³/mol. The molecule has 2 N–H and O–H groups in total. The summed E-state index contributed by atoms with van der Waals surface area (Å²) in [5.41, 5.74) is 0.195. The molecule has 0 aliphatic carbocycles. The number of furan rings is 1. The Morgan fingerprint density at radius 1 is 1.12 bits per heavy atom. The van der Waals surface area contributed by atoms with Gasteiger partial charge >= 0.3 is 5.97 Å². The van der Waals surface area contributed by atoms with Crippen molar-refractivity contribution >= 4 is 21.8 Å². The predicted octanol–water partition coefficient (Wildman–Crippen LogP) is 0.984. The average Bonchev–Trinajstić information content (AvgIpc) is 3.09. The van der Waals surface area contributed by atoms with E-state index in [1.54, 1.807) is 6.07 Å². The van der Waals surface area contributed by atoms with Gasteiger partial charge in [0.15, 0.2) is 6.61 Å². The van der Waals surface area contributed by atoms with Gasteiger partial charge in [0, 0.05) is 6.07 Å². The van der Waals surface area contributed by atoms with Gasteiger partial charge in [0.2, 0.25) is 16.6 Å². The van der Waals surface area contributed by atoms with E-state index in [1.807, 2.05) is 0 Å². The normalized spacial score (nSPS) is 11.0. The maximum atomic E-state index is 12.2. The zero-order valence-electron chi connectivity index (χ0n) is 13.3. The molecule has 1 aromatic heterocycles. The standard InChI is InChI=1S/C15H15NO8S/c1-21-9-3-4-10(13(7-9)22-2)11(17)8-23-15(18)12-5-6-14(24-12)25(16,19)20/h3-7H,8H2,1-2H3,(H2,16,19,20). The zero-order chi connectivity index (χ0) is 18.6. The molecule has 0 amide bonds. The van der Waals surface area contributed by atoms with Crippen molar-refractivity contribution in [3.05, 3.63) is 41.7 Å². The van der Waals surface area contributed by atoms with Gasteiger partial charge in [-0.15, -0.1) is 0 Å². The fraction of sp³-hybridized carbons (Fsp3) is 0.200. The van der Waals surface area contributed by atoms with Crippen LogP contribution in [0.25, 0.3) is 0 Å². The molecule has 0 aliphatic rings. The van der Waals surface area contributed by atoms with Crippen LogP contribution in [0.15, 0.2) is 39.8 Å². The van der Waals surface area contributed by atoms with Crippen LogP contribution in [0.5, 0.6) is 11.5 Å². The summed E-state index contributed by atoms with van der Waals surface area (Å²) in [6.45, 7) is -0.590. The second kappa shape index (κ2) is 7.36. The van der Waals surface area contributed by atoms with E-state index in [0.29, 0.717) is 5.75 Å². The van der Waals surface area contributed by atoms with Crippen LogP contribution in [-0.2, 0) is 14.8 Å². The summed E-state index contributed by atoms with van der Waals surface area (Å²) in [5, 5.41) is 4.29. The topological polar surface area (TPSA) is 135 Å². The molecule has 10 heteroatoms. The van der Waals surface area contributed by atoms with E-state index in [1.165, 1.54) is 26.4 Å². The first-order valence-electron chi connectivity index (χ1n) is 6.81. The third kappa shape index (κ3) is 4.37. The van der Waals surface area contributed by atoms with Gasteiger partial charge in [0.1, 0.15) is 11.5 Å². The van der Waals surface area contributed by atoms with Gasteiger partial charge in [-0.1, -0.05) is 0 Å². The van der Waals surface area contributed by atoms with E-state index in [4.69, 9.17) is 23.8 Å². The van der Waals surface area contributed by atoms with Crippen molar-refractivity contribution in [2.24, 2.45) is 5.14 Å². The largest absolute Gasteiger partial charge is 0.497 e. The molecule has 0 bridgehead atoms. The molecule has 0 aliphatic heterocycles. The highest BCUT2D eigenvalue weighted by molar-refractivity contribution is 7.89. The summed E-state index contributed by atoms with van der Waals surface area (Å²) < 4.78 is 41.9. The smallest absolute Gasteiger partial charge is 0.374 e. The number of nitrogens with two attached hydrogens (primary N) is 1. The maximum Gasteiger partial charge on any atom is 0.374 e. The molecule has 0 fully saturated rings. The number of ether oxygens (including phenoxy) is 3. The van der Waals surface area contributed by atoms with E-state index in [0.717, 1.165) is 12.1 Å². The summed E-state index contributed by atoms with van der Waals surface area (Å²) in [7, 11) is -1.22. The van der Waals surface area contributed by atoms with Gasteiger partial charge in [-0.25, -0.2) is 18.4 Å². The fourth-order valence-corrected chi connectivity index (χ4v) is 2.36. The molecule has 0 spiro atoms. The van der Waals surface area contributed by atoms with Crippen molar-refractivity contribution < 1.29 is 36.6 Å². The molecule has 9 nitrogen and oxygen atoms in total. The Balaban J connectivity index is 2.07. The van der Waals surface area contributed by atoms with E-state index in [2.05, 4.69) is 0 Å². The lowest BCUT2D eigenvalue weighted by atomic mass is 10.1. The maximum absolute atomic E-state index is 12.2. The van der Waals surface area contributed by atoms with Crippen LogP contribution < -0.4 is 14.6 Å². The van der Waals surface area contributed by atoms with E-state index >= 15 is 0 Å². The number of methoxy groups -OCH3 is 2. The molecular formula is C15H15NO8S. The van der Waals surface area contributed by atoms with Crippen molar-refractivity contribution in [3.63, 3.8) is 0 Å². The molecule has 0 saturated heterocycles. The van der Waals surface area contributed by atoms with Crippen molar-refractivity contribution in [3.8, 4) is 11.5 Å². The second-order valence-corrected chi connectivity index (χ2v) is 6.22. The number of carbonyl (C=O) groups is 2. The van der Waals surface area contributed by atoms with E-state index in [9.17, 15) is 18.0 Å². The molecule has 1 aromatic carbocycles. The molecule has 25 heavy (non-hydrogen) atoms. The summed E-state index contributed by atoms with van der Waals surface area (Å²) in [4.78, 5) is 24.0. The van der Waals surface area contributed by atoms with Crippen molar-refractivity contribution in [2.75, 3.05) is 20.8 Å². The summed E-state index contributed by atoms with van der Waals surface area (Å²) in [6.07, 6.45) is 0. The van der Waals surface area contributed by atoms with Crippen molar-refractivity contribution in [1.82, 2.24) is 0 Å². The van der Waals surface area contributed by atoms with Crippen LogP contribution in [0.3, 0.4) is 0 Å². The SMILES string of the molecule is COc1ccc(C(=O)COC(=O)c2ccc(S(N)(=O)=O)o2)c(OC)c1. The highest BCUT2D eigenvalue weighted by Crippen LogP contribution is 2.25. The number of carbonyl (C=O) groups excluding carboxylic acids is 2. The fourth-order valence-electron chi connectivity index (χ4n) is 1.89. The van der Waals surface area contributed by atoms with Crippen LogP contribution in [0.2, 0.25) is 0 Å². The monoisotopic (exact) mass is 369 g/mol. The summed E-state index contributed by atoms with van der Waals surface area (Å²) in [6, 6.07) is 6.64. The minimum Gasteiger partial charge on any atom is -0.497 e. The first-order valence-corrected chi connectivity index (χ1v) is 8.36. The molecule has 134 valence electrons. The number of hydrogen-bond acceptors (Lipinski definition) is 8. The Bertz CT molecular complexity index is 900. The van der Waals surface area contributed by atoms with Crippen LogP contribution in [0, 0.1) is 0 Å². The quantitative estimate of drug-likeness (QED) is 0.564. The van der Waals surface area contributed by atoms with Gasteiger partial charge in [-0.05, 0) is 24.3 Å². The Morgan fingerprint density at radius 2 is 1.84 bits per heavy atom. The molecule has 1 heterocycles. The second-order valence-electron chi connectivity index (χ2n) is 4.73. The minimum absolute atomic E-state index is 0.195. The lowest BCUT2D eigenvalue weighted by Crippen LogP contribution is -2.15. The van der Waals surface area contributed by atoms with Gasteiger partial charge in [0.25, 0.3) is 10.0 Å². The zero-order valence-corrected chi connectivity index (χ0v) is 14.2. The van der Waals surface area contributed by atoms with Crippen molar-refractivity contribution in [2.45, 2.75) is 5.09 Å². The van der Waals surface area contributed by atoms with Gasteiger partial charge in [-0.3, -0.25) is 4.79 Å². The molecule has 0 saturated carbocycles. The number of hydrogen-bond donors (Lipinski definition) is 1. The van der Waals surface area contributed by atoms with Crippen LogP contribution in [0.4, 0.5) is 0 Å². The van der Waals surface area contributed by atoms with Crippen LogP contribution in [0.1, 0.15) is 20.9 Å². The molecule has 2 rings (SSSR count). The third-order valence-electron chi connectivity index (χ3n) is 3.11. The molecule has 0 unspecified atom stereocenters. The third-order valence-corrected chi connectivity index (χ3v) is 3.89. The Morgan fingerprint density at radius 3 is 2.40 bits per heavy atom. The Kier molecular flexibility index (Phi) is 5.45. The van der Waals surface area contributed by atoms with Crippen LogP contribution in [-0.4, -0.2) is 41.0 Å². The lowest BCUT2D eigenvalue weighted by Gasteiger charge is -2.09. The number of Topliss-reactive ketones (excluding diaryl/α,β-unsaturated/α-hetero) is 1. The minimum atomic E-state index is -4.08. The van der Waals surface area contributed by atoms with Crippen LogP contribution >= 0.6 is 0 Å². The molecule has 2 aromatic rings. The molecule has 0 atom stereocenters. The number of rotatable bonds is 7. The number of ketones is 1. The van der Waals surface area contributed by atoms with Gasteiger partial charge < -0.3 is 18.6 Å². The number of sulfonamides is 1. The highest BCUT2D eigenvalue weighted by Gasteiger charge is 2.20. The molecular weight excluding hydrogens is 354 g/mol. The summed E-state index contributed by atoms with van der Waals surface area (Å²) in [5.74, 6) is -1.16. The number of esters is 1. The number of benzene rings is 1. The lowest BCUT2D eigenvalue weighted by molar-refractivity contribution is 0.0438. The van der Waals surface area contributed by atoms with E-state index < -0.39 is 39.2 Å². The Hall–Kier alpha value is -2.85. The first kappa shape index (κ1) is 18.5. The molecule has 0 radical (unpaired) electrons. The number of primary sulfonamides is 1. The van der Waals surface area contributed by atoms with Crippen molar-refractivity contribution in [1.29, 1.82) is 0 Å². The van der Waals surface area contributed by atoms with Gasteiger partial charge in [0.05, 0.1) is 19.8 Å². The first-order chi connectivity index (χ1) is 11.8. The Labute approximate surface area is 143 Å².